The number of hydrogen-bond donors (Lipinski definition) is 0. The van der Waals surface area contributed by atoms with Gasteiger partial charge in [0.2, 0.25) is 6.36 Å². The predicted molar refractivity (Wildman–Crippen MR) is 52.5 cm³/mol. The molecule has 1 saturated heterocycles. The van der Waals surface area contributed by atoms with Gasteiger partial charge in [-0.2, -0.15) is 0 Å². The molecule has 1 aliphatic rings. The van der Waals surface area contributed by atoms with E-state index in [2.05, 4.69) is 20.7 Å². The monoisotopic (exact) mass is 262 g/mol. The summed E-state index contributed by atoms with van der Waals surface area (Å²) in [5.74, 6) is -2.04. The molecule has 0 bridgehead atoms. The highest BCUT2D eigenvalue weighted by atomic mass is 79.9. The second kappa shape index (κ2) is 3.59. The quantitative estimate of drug-likeness (QED) is 0.706. The molecule has 3 atom stereocenters. The predicted octanol–water partition coefficient (Wildman–Crippen LogP) is 3.29. The zero-order valence-corrected chi connectivity index (χ0v) is 8.88. The molecule has 1 fully saturated rings. The molecular weight excluding hydrogens is 254 g/mol. The van der Waals surface area contributed by atoms with Crippen LogP contribution in [0.2, 0.25) is 0 Å². The summed E-state index contributed by atoms with van der Waals surface area (Å²) < 4.78 is 31.7. The second-order valence-electron chi connectivity index (χ2n) is 3.24. The summed E-state index contributed by atoms with van der Waals surface area (Å²) in [6, 6.07) is 8.35. The molecule has 4 heteroatoms. The van der Waals surface area contributed by atoms with E-state index in [-0.39, 0.29) is 6.42 Å². The SMILES string of the molecule is FC1CC(Br)C(F)(c2ccccc2)O1. The van der Waals surface area contributed by atoms with Crippen LogP contribution in [0.25, 0.3) is 0 Å². The Morgan fingerprint density at radius 2 is 2.00 bits per heavy atom. The van der Waals surface area contributed by atoms with Gasteiger partial charge in [0.15, 0.2) is 0 Å². The van der Waals surface area contributed by atoms with Gasteiger partial charge in [0.1, 0.15) is 0 Å². The molecule has 0 spiro atoms. The summed E-state index contributed by atoms with van der Waals surface area (Å²) in [5.41, 5.74) is 0.349. The summed E-state index contributed by atoms with van der Waals surface area (Å²) in [6.45, 7) is 0. The zero-order chi connectivity index (χ0) is 10.2. The van der Waals surface area contributed by atoms with E-state index in [9.17, 15) is 8.78 Å². The van der Waals surface area contributed by atoms with Crippen LogP contribution in [0, 0.1) is 0 Å². The second-order valence-corrected chi connectivity index (χ2v) is 4.35. The Labute approximate surface area is 89.2 Å². The van der Waals surface area contributed by atoms with E-state index in [1.54, 1.807) is 30.3 Å². The fourth-order valence-electron chi connectivity index (χ4n) is 1.54. The van der Waals surface area contributed by atoms with E-state index in [1.165, 1.54) is 0 Å². The van der Waals surface area contributed by atoms with E-state index in [4.69, 9.17) is 0 Å². The fraction of sp³-hybridized carbons (Fsp3) is 0.400. The zero-order valence-electron chi connectivity index (χ0n) is 7.29. The van der Waals surface area contributed by atoms with Crippen LogP contribution >= 0.6 is 15.9 Å². The number of halogens is 3. The number of alkyl halides is 3. The lowest BCUT2D eigenvalue weighted by Crippen LogP contribution is -2.27. The summed E-state index contributed by atoms with van der Waals surface area (Å²) >= 11 is 3.10. The molecule has 1 aromatic rings. The Kier molecular flexibility index (Phi) is 2.58. The van der Waals surface area contributed by atoms with E-state index < -0.39 is 17.0 Å². The van der Waals surface area contributed by atoms with Crippen molar-refractivity contribution in [2.75, 3.05) is 0 Å². The average Bonchev–Trinajstić information content (AvgIpc) is 2.43. The Morgan fingerprint density at radius 1 is 1.36 bits per heavy atom. The third kappa shape index (κ3) is 1.57. The summed E-state index contributed by atoms with van der Waals surface area (Å²) in [7, 11) is 0. The molecule has 2 rings (SSSR count). The van der Waals surface area contributed by atoms with Crippen LogP contribution < -0.4 is 0 Å². The van der Waals surface area contributed by atoms with Crippen molar-refractivity contribution in [3.63, 3.8) is 0 Å². The molecule has 1 aliphatic heterocycles. The molecule has 1 nitrogen and oxygen atoms in total. The number of hydrogen-bond acceptors (Lipinski definition) is 1. The van der Waals surface area contributed by atoms with Gasteiger partial charge in [-0.05, 0) is 0 Å². The van der Waals surface area contributed by atoms with E-state index in [0.717, 1.165) is 0 Å². The number of benzene rings is 1. The third-order valence-corrected chi connectivity index (χ3v) is 3.22. The minimum atomic E-state index is -2.04. The Morgan fingerprint density at radius 3 is 2.50 bits per heavy atom. The lowest BCUT2D eigenvalue weighted by Gasteiger charge is -2.22. The van der Waals surface area contributed by atoms with E-state index >= 15 is 0 Å². The molecule has 14 heavy (non-hydrogen) atoms. The van der Waals surface area contributed by atoms with Crippen molar-refractivity contribution in [3.05, 3.63) is 35.9 Å². The van der Waals surface area contributed by atoms with Crippen LogP contribution in [-0.4, -0.2) is 11.2 Å². The molecule has 1 heterocycles. The van der Waals surface area contributed by atoms with Crippen molar-refractivity contribution < 1.29 is 13.5 Å². The van der Waals surface area contributed by atoms with E-state index in [1.807, 2.05) is 0 Å². The molecule has 0 amide bonds. The molecule has 0 aromatic heterocycles. The molecular formula is C10H9BrF2O. The maximum absolute atomic E-state index is 14.2. The molecule has 0 aliphatic carbocycles. The normalized spacial score (nSPS) is 37.4. The van der Waals surface area contributed by atoms with Gasteiger partial charge < -0.3 is 4.74 Å². The smallest absolute Gasteiger partial charge is 0.250 e. The Bertz CT molecular complexity index is 319. The lowest BCUT2D eigenvalue weighted by atomic mass is 10.0. The maximum Gasteiger partial charge on any atom is 0.250 e. The third-order valence-electron chi connectivity index (χ3n) is 2.26. The van der Waals surface area contributed by atoms with Gasteiger partial charge in [-0.25, -0.2) is 8.78 Å². The number of ether oxygens (including phenoxy) is 1. The lowest BCUT2D eigenvalue weighted by molar-refractivity contribution is -0.172. The first kappa shape index (κ1) is 10.1. The van der Waals surface area contributed by atoms with Crippen LogP contribution in [0.15, 0.2) is 30.3 Å². The Balaban J connectivity index is 2.33. The van der Waals surface area contributed by atoms with Crippen molar-refractivity contribution in [2.24, 2.45) is 0 Å². The maximum atomic E-state index is 14.2. The molecule has 1 aromatic carbocycles. The van der Waals surface area contributed by atoms with Gasteiger partial charge in [-0.15, -0.1) is 0 Å². The first-order valence-corrected chi connectivity index (χ1v) is 5.25. The van der Waals surface area contributed by atoms with Crippen molar-refractivity contribution in [3.8, 4) is 0 Å². The van der Waals surface area contributed by atoms with Gasteiger partial charge >= 0.3 is 0 Å². The Hall–Kier alpha value is -0.480. The summed E-state index contributed by atoms with van der Waals surface area (Å²) in [6.07, 6.45) is -1.50. The average molecular weight is 263 g/mol. The van der Waals surface area contributed by atoms with Gasteiger partial charge in [0.25, 0.3) is 5.85 Å². The van der Waals surface area contributed by atoms with Crippen molar-refractivity contribution in [1.29, 1.82) is 0 Å². The topological polar surface area (TPSA) is 9.23 Å². The molecule has 0 N–H and O–H groups in total. The highest BCUT2D eigenvalue weighted by molar-refractivity contribution is 9.09. The van der Waals surface area contributed by atoms with Crippen molar-refractivity contribution in [2.45, 2.75) is 23.5 Å². The van der Waals surface area contributed by atoms with Crippen molar-refractivity contribution >= 4 is 15.9 Å². The fourth-order valence-corrected chi connectivity index (χ4v) is 2.20. The standard InChI is InChI=1S/C10H9BrF2O/c11-8-6-9(12)14-10(8,13)7-4-2-1-3-5-7/h1-5,8-9H,6H2. The molecule has 3 unspecified atom stereocenters. The van der Waals surface area contributed by atoms with Gasteiger partial charge in [0.05, 0.1) is 4.83 Å². The summed E-state index contributed by atoms with van der Waals surface area (Å²) in [4.78, 5) is -0.632. The minimum Gasteiger partial charge on any atom is -0.306 e. The molecule has 0 radical (unpaired) electrons. The summed E-state index contributed by atoms with van der Waals surface area (Å²) in [5, 5.41) is 0. The van der Waals surface area contributed by atoms with Crippen LogP contribution in [-0.2, 0) is 10.6 Å². The van der Waals surface area contributed by atoms with Crippen molar-refractivity contribution in [1.82, 2.24) is 0 Å². The van der Waals surface area contributed by atoms with E-state index in [0.29, 0.717) is 5.56 Å². The minimum absolute atomic E-state index is 0.0331. The van der Waals surface area contributed by atoms with Crippen LogP contribution in [0.1, 0.15) is 12.0 Å². The van der Waals surface area contributed by atoms with Crippen LogP contribution in [0.3, 0.4) is 0 Å². The first-order valence-electron chi connectivity index (χ1n) is 4.33. The van der Waals surface area contributed by atoms with Gasteiger partial charge in [-0.3, -0.25) is 0 Å². The van der Waals surface area contributed by atoms with Crippen LogP contribution in [0.4, 0.5) is 8.78 Å². The number of rotatable bonds is 1. The first-order chi connectivity index (χ1) is 6.63. The van der Waals surface area contributed by atoms with Crippen LogP contribution in [0.5, 0.6) is 0 Å². The van der Waals surface area contributed by atoms with Gasteiger partial charge in [0, 0.05) is 12.0 Å². The molecule has 76 valence electrons. The highest BCUT2D eigenvalue weighted by Gasteiger charge is 2.49. The largest absolute Gasteiger partial charge is 0.306 e. The molecule has 0 saturated carbocycles. The van der Waals surface area contributed by atoms with Gasteiger partial charge in [-0.1, -0.05) is 46.3 Å². The highest BCUT2D eigenvalue weighted by Crippen LogP contribution is 2.45.